The van der Waals surface area contributed by atoms with Crippen LogP contribution >= 0.6 is 0 Å². The third-order valence-electron chi connectivity index (χ3n) is 3.45. The lowest BCUT2D eigenvalue weighted by Gasteiger charge is -2.22. The normalized spacial score (nSPS) is 23.9. The van der Waals surface area contributed by atoms with Crippen LogP contribution in [0.15, 0.2) is 0 Å². The summed E-state index contributed by atoms with van der Waals surface area (Å²) >= 11 is 0. The Hall–Kier alpha value is -1.10. The Kier molecular flexibility index (Phi) is 5.14. The van der Waals surface area contributed by atoms with Crippen LogP contribution in [0.2, 0.25) is 0 Å². The fraction of sp³-hybridized carbons (Fsp3) is 0.846. The second-order valence-electron chi connectivity index (χ2n) is 5.97. The van der Waals surface area contributed by atoms with Crippen LogP contribution in [0.3, 0.4) is 0 Å². The zero-order valence-electron chi connectivity index (χ0n) is 11.1. The smallest absolute Gasteiger partial charge is 0.303 e. The predicted octanol–water partition coefficient (Wildman–Crippen LogP) is 1.15. The van der Waals surface area contributed by atoms with Crippen molar-refractivity contribution in [3.8, 4) is 0 Å². The minimum atomic E-state index is -0.890. The highest BCUT2D eigenvalue weighted by Crippen LogP contribution is 2.26. The molecule has 1 saturated carbocycles. The number of aliphatic hydroxyl groups is 1. The van der Waals surface area contributed by atoms with Gasteiger partial charge in [0.1, 0.15) is 0 Å². The number of hydrogen-bond acceptors (Lipinski definition) is 3. The van der Waals surface area contributed by atoms with Crippen molar-refractivity contribution in [3.63, 3.8) is 0 Å². The number of carboxylic acid groups (broad SMARTS) is 1. The maximum absolute atomic E-state index is 11.7. The van der Waals surface area contributed by atoms with E-state index in [2.05, 4.69) is 5.32 Å². The minimum absolute atomic E-state index is 0.0214. The monoisotopic (exact) mass is 257 g/mol. The average Bonchev–Trinajstić information content (AvgIpc) is 2.58. The van der Waals surface area contributed by atoms with Crippen LogP contribution < -0.4 is 5.32 Å². The summed E-state index contributed by atoms with van der Waals surface area (Å²) in [5, 5.41) is 21.2. The number of carbonyl (C=O) groups excluding carboxylic acids is 1. The summed E-state index contributed by atoms with van der Waals surface area (Å²) in [6.07, 6.45) is 2.63. The van der Waals surface area contributed by atoms with Gasteiger partial charge in [-0.3, -0.25) is 9.59 Å². The molecule has 0 aliphatic heterocycles. The fourth-order valence-electron chi connectivity index (χ4n) is 2.47. The average molecular weight is 257 g/mol. The molecular formula is C13H23NO4. The van der Waals surface area contributed by atoms with Crippen LogP contribution in [0.1, 0.15) is 46.0 Å². The highest BCUT2D eigenvalue weighted by atomic mass is 16.4. The molecule has 18 heavy (non-hydrogen) atoms. The molecule has 1 fully saturated rings. The molecule has 104 valence electrons. The Labute approximate surface area is 108 Å². The van der Waals surface area contributed by atoms with Gasteiger partial charge >= 0.3 is 5.97 Å². The first kappa shape index (κ1) is 15.0. The highest BCUT2D eigenvalue weighted by molar-refractivity contribution is 5.77. The van der Waals surface area contributed by atoms with Crippen LogP contribution in [0.4, 0.5) is 0 Å². The van der Waals surface area contributed by atoms with E-state index >= 15 is 0 Å². The molecule has 0 spiro atoms. The number of carboxylic acids is 1. The minimum Gasteiger partial charge on any atom is -0.481 e. The highest BCUT2D eigenvalue weighted by Gasteiger charge is 2.28. The topological polar surface area (TPSA) is 86.6 Å². The van der Waals surface area contributed by atoms with Crippen LogP contribution in [-0.4, -0.2) is 34.7 Å². The van der Waals surface area contributed by atoms with E-state index in [0.29, 0.717) is 6.54 Å². The van der Waals surface area contributed by atoms with Crippen LogP contribution in [-0.2, 0) is 9.59 Å². The summed E-state index contributed by atoms with van der Waals surface area (Å²) in [5.41, 5.74) is -0.537. The first-order valence-corrected chi connectivity index (χ1v) is 6.47. The van der Waals surface area contributed by atoms with Gasteiger partial charge in [-0.2, -0.15) is 0 Å². The van der Waals surface area contributed by atoms with E-state index in [1.165, 1.54) is 0 Å². The standard InChI is InChI=1S/C13H23NO4/c1-13(2,7-12(17)18)6-11(16)14-8-9-4-3-5-10(9)15/h9-10,15H,3-8H2,1-2H3,(H,14,16)(H,17,18). The molecule has 1 rings (SSSR count). The first-order chi connectivity index (χ1) is 8.30. The summed E-state index contributed by atoms with van der Waals surface area (Å²) in [6, 6.07) is 0. The molecule has 1 amide bonds. The van der Waals surface area contributed by atoms with Gasteiger partial charge in [0.25, 0.3) is 0 Å². The van der Waals surface area contributed by atoms with Crippen molar-refractivity contribution in [2.45, 2.75) is 52.1 Å². The fourth-order valence-corrected chi connectivity index (χ4v) is 2.47. The maximum Gasteiger partial charge on any atom is 0.303 e. The van der Waals surface area contributed by atoms with Crippen molar-refractivity contribution >= 4 is 11.9 Å². The molecule has 3 N–H and O–H groups in total. The zero-order chi connectivity index (χ0) is 13.8. The number of nitrogens with one attached hydrogen (secondary N) is 1. The van der Waals surface area contributed by atoms with Crippen LogP contribution in [0, 0.1) is 11.3 Å². The number of aliphatic carboxylic acids is 1. The molecule has 2 unspecified atom stereocenters. The van der Waals surface area contributed by atoms with E-state index in [4.69, 9.17) is 5.11 Å². The lowest BCUT2D eigenvalue weighted by Crippen LogP contribution is -2.35. The van der Waals surface area contributed by atoms with Gasteiger partial charge in [-0.1, -0.05) is 20.3 Å². The van der Waals surface area contributed by atoms with Gasteiger partial charge < -0.3 is 15.5 Å². The van der Waals surface area contributed by atoms with E-state index in [1.807, 2.05) is 0 Å². The Balaban J connectivity index is 2.30. The molecule has 0 aromatic carbocycles. The van der Waals surface area contributed by atoms with E-state index in [0.717, 1.165) is 19.3 Å². The first-order valence-electron chi connectivity index (χ1n) is 6.47. The summed E-state index contributed by atoms with van der Waals surface area (Å²) in [7, 11) is 0. The van der Waals surface area contributed by atoms with Crippen molar-refractivity contribution in [3.05, 3.63) is 0 Å². The van der Waals surface area contributed by atoms with Gasteiger partial charge in [0.2, 0.25) is 5.91 Å². The molecule has 2 atom stereocenters. The van der Waals surface area contributed by atoms with Gasteiger partial charge in [-0.05, 0) is 18.3 Å². The third-order valence-corrected chi connectivity index (χ3v) is 3.45. The number of carbonyl (C=O) groups is 2. The van der Waals surface area contributed by atoms with Crippen LogP contribution in [0.5, 0.6) is 0 Å². The molecular weight excluding hydrogens is 234 g/mol. The number of amides is 1. The molecule has 0 heterocycles. The van der Waals surface area contributed by atoms with E-state index < -0.39 is 11.4 Å². The molecule has 1 aliphatic rings. The van der Waals surface area contributed by atoms with Gasteiger partial charge in [0.15, 0.2) is 0 Å². The Bertz CT molecular complexity index is 314. The Morgan fingerprint density at radius 3 is 2.44 bits per heavy atom. The molecule has 0 aromatic heterocycles. The number of hydrogen-bond donors (Lipinski definition) is 3. The summed E-state index contributed by atoms with van der Waals surface area (Å²) in [5.74, 6) is -0.879. The summed E-state index contributed by atoms with van der Waals surface area (Å²) < 4.78 is 0. The summed E-state index contributed by atoms with van der Waals surface area (Å²) in [6.45, 7) is 4.03. The molecule has 0 aromatic rings. The maximum atomic E-state index is 11.7. The Morgan fingerprint density at radius 1 is 1.28 bits per heavy atom. The zero-order valence-corrected chi connectivity index (χ0v) is 11.1. The van der Waals surface area contributed by atoms with Crippen molar-refractivity contribution in [2.24, 2.45) is 11.3 Å². The molecule has 0 saturated heterocycles. The van der Waals surface area contributed by atoms with E-state index in [1.54, 1.807) is 13.8 Å². The molecule has 1 aliphatic carbocycles. The van der Waals surface area contributed by atoms with Crippen molar-refractivity contribution in [1.82, 2.24) is 5.32 Å². The van der Waals surface area contributed by atoms with E-state index in [-0.39, 0.29) is 30.8 Å². The van der Waals surface area contributed by atoms with Gasteiger partial charge in [0.05, 0.1) is 12.5 Å². The summed E-state index contributed by atoms with van der Waals surface area (Å²) in [4.78, 5) is 22.4. The lowest BCUT2D eigenvalue weighted by atomic mass is 9.85. The van der Waals surface area contributed by atoms with Crippen molar-refractivity contribution in [1.29, 1.82) is 0 Å². The second kappa shape index (κ2) is 6.18. The number of aliphatic hydroxyl groups excluding tert-OH is 1. The molecule has 5 nitrogen and oxygen atoms in total. The van der Waals surface area contributed by atoms with Gasteiger partial charge in [0, 0.05) is 18.9 Å². The van der Waals surface area contributed by atoms with Crippen LogP contribution in [0.25, 0.3) is 0 Å². The largest absolute Gasteiger partial charge is 0.481 e. The van der Waals surface area contributed by atoms with Crippen molar-refractivity contribution < 1.29 is 19.8 Å². The lowest BCUT2D eigenvalue weighted by molar-refractivity contribution is -0.139. The van der Waals surface area contributed by atoms with Gasteiger partial charge in [-0.25, -0.2) is 0 Å². The quantitative estimate of drug-likeness (QED) is 0.666. The Morgan fingerprint density at radius 2 is 1.94 bits per heavy atom. The SMILES string of the molecule is CC(C)(CC(=O)O)CC(=O)NCC1CCCC1O. The molecule has 5 heteroatoms. The molecule has 0 radical (unpaired) electrons. The number of rotatable bonds is 6. The third kappa shape index (κ3) is 5.04. The molecule has 0 bridgehead atoms. The van der Waals surface area contributed by atoms with E-state index in [9.17, 15) is 14.7 Å². The predicted molar refractivity (Wildman–Crippen MR) is 67.0 cm³/mol. The van der Waals surface area contributed by atoms with Gasteiger partial charge in [-0.15, -0.1) is 0 Å². The van der Waals surface area contributed by atoms with Crippen molar-refractivity contribution in [2.75, 3.05) is 6.54 Å². The second-order valence-corrected chi connectivity index (χ2v) is 5.97.